The Balaban J connectivity index is 0.920. The molecule has 3 N–H and O–H groups in total. The van der Waals surface area contributed by atoms with Crippen LogP contribution in [0.1, 0.15) is 106 Å². The number of unbranched alkanes of at least 4 members (excludes halogenated alkanes) is 3. The molecule has 2 fully saturated rings. The molecule has 0 saturated carbocycles. The van der Waals surface area contributed by atoms with Gasteiger partial charge in [0.2, 0.25) is 0 Å². The van der Waals surface area contributed by atoms with E-state index in [-0.39, 0.29) is 22.1 Å². The average Bonchev–Trinajstić information content (AvgIpc) is 3.68. The van der Waals surface area contributed by atoms with Crippen LogP contribution >= 0.6 is 22.7 Å². The monoisotopic (exact) mass is 671 g/mol. The first-order valence-electron chi connectivity index (χ1n) is 17.2. The van der Waals surface area contributed by atoms with Crippen molar-refractivity contribution in [3.8, 4) is 5.75 Å². The van der Waals surface area contributed by atoms with Crippen LogP contribution in [0.15, 0.2) is 22.3 Å². The molecule has 0 radical (unpaired) electrons. The second-order valence-electron chi connectivity index (χ2n) is 14.4. The van der Waals surface area contributed by atoms with Crippen LogP contribution in [0.3, 0.4) is 0 Å². The molecule has 2 aliphatic rings. The number of carbonyl (C=O) groups is 1. The molecule has 254 valence electrons. The molecule has 0 aliphatic carbocycles. The average molecular weight is 672 g/mol. The van der Waals surface area contributed by atoms with E-state index in [0.29, 0.717) is 42.2 Å². The minimum atomic E-state index is -0.204. The zero-order chi connectivity index (χ0) is 32.7. The van der Waals surface area contributed by atoms with Gasteiger partial charge >= 0.3 is 4.87 Å². The number of fused-ring (bicyclic) bond motifs is 1. The summed E-state index contributed by atoms with van der Waals surface area (Å²) in [6.45, 7) is 16.0. The minimum Gasteiger partial charge on any atom is -0.506 e. The summed E-state index contributed by atoms with van der Waals surface area (Å²) in [5.41, 5.74) is 2.35. The topological polar surface area (TPSA) is 111 Å². The Morgan fingerprint density at radius 3 is 2.67 bits per heavy atom. The molecule has 4 heterocycles. The van der Waals surface area contributed by atoms with Crippen LogP contribution in [0, 0.1) is 5.41 Å². The van der Waals surface area contributed by atoms with Crippen molar-refractivity contribution in [1.29, 1.82) is 0 Å². The number of aromatic amines is 1. The molecule has 0 atom stereocenters. The molecule has 11 heteroatoms. The molecule has 0 unspecified atom stereocenters. The number of carbonyl (C=O) groups excluding carboxylic acids is 1. The Morgan fingerprint density at radius 2 is 1.91 bits per heavy atom. The van der Waals surface area contributed by atoms with Crippen molar-refractivity contribution >= 4 is 38.8 Å². The summed E-state index contributed by atoms with van der Waals surface area (Å²) in [4.78, 5) is 36.7. The van der Waals surface area contributed by atoms with E-state index in [2.05, 4.69) is 47.9 Å². The Labute approximate surface area is 281 Å². The molecular weight excluding hydrogens is 619 g/mol. The van der Waals surface area contributed by atoms with E-state index in [1.165, 1.54) is 43.4 Å². The summed E-state index contributed by atoms with van der Waals surface area (Å²) >= 11 is 2.75. The van der Waals surface area contributed by atoms with Crippen molar-refractivity contribution in [2.24, 2.45) is 5.41 Å². The highest BCUT2D eigenvalue weighted by Gasteiger charge is 2.41. The van der Waals surface area contributed by atoms with Crippen LogP contribution in [0.5, 0.6) is 5.75 Å². The molecule has 2 saturated heterocycles. The molecule has 2 aromatic heterocycles. The van der Waals surface area contributed by atoms with Gasteiger partial charge in [0, 0.05) is 30.9 Å². The number of benzene rings is 1. The summed E-state index contributed by atoms with van der Waals surface area (Å²) in [6.07, 6.45) is 10.2. The second-order valence-corrected chi connectivity index (χ2v) is 16.2. The highest BCUT2D eigenvalue weighted by molar-refractivity contribution is 7.16. The van der Waals surface area contributed by atoms with Crippen molar-refractivity contribution in [3.05, 3.63) is 43.4 Å². The number of amides is 1. The fourth-order valence-corrected chi connectivity index (χ4v) is 8.49. The van der Waals surface area contributed by atoms with Gasteiger partial charge in [-0.25, -0.2) is 4.98 Å². The van der Waals surface area contributed by atoms with Crippen LogP contribution in [-0.2, 0) is 11.2 Å². The molecule has 46 heavy (non-hydrogen) atoms. The maximum Gasteiger partial charge on any atom is 0.305 e. The SMILES string of the molecule is CC(C)c1nc(C(=O)N2CCOC3(CCN(CCCCCCC(C)(C)CCNCCc4ccc(O)c5[nH]c(=O)sc45)CC3)C2)cs1. The van der Waals surface area contributed by atoms with Gasteiger partial charge in [0.15, 0.2) is 0 Å². The number of rotatable bonds is 15. The number of piperidine rings is 1. The normalized spacial score (nSPS) is 17.5. The lowest BCUT2D eigenvalue weighted by Crippen LogP contribution is -2.58. The summed E-state index contributed by atoms with van der Waals surface area (Å²) in [6, 6.07) is 3.59. The maximum absolute atomic E-state index is 13.2. The Kier molecular flexibility index (Phi) is 12.0. The van der Waals surface area contributed by atoms with Crippen LogP contribution in [0.2, 0.25) is 0 Å². The van der Waals surface area contributed by atoms with Crippen LogP contribution in [0.25, 0.3) is 10.2 Å². The number of aromatic nitrogens is 2. The number of morpholine rings is 1. The minimum absolute atomic E-state index is 0.0535. The van der Waals surface area contributed by atoms with E-state index < -0.39 is 0 Å². The molecule has 0 bridgehead atoms. The number of likely N-dealkylation sites (tertiary alicyclic amines) is 1. The molecule has 1 spiro atoms. The van der Waals surface area contributed by atoms with Gasteiger partial charge in [0.25, 0.3) is 5.91 Å². The van der Waals surface area contributed by atoms with E-state index in [9.17, 15) is 14.7 Å². The number of nitrogens with zero attached hydrogens (tertiary/aromatic N) is 3. The highest BCUT2D eigenvalue weighted by Crippen LogP contribution is 2.32. The van der Waals surface area contributed by atoms with E-state index >= 15 is 0 Å². The van der Waals surface area contributed by atoms with E-state index in [1.54, 1.807) is 17.4 Å². The lowest BCUT2D eigenvalue weighted by molar-refractivity contribution is -0.127. The number of H-pyrrole nitrogens is 1. The van der Waals surface area contributed by atoms with Gasteiger partial charge in [-0.2, -0.15) is 0 Å². The molecule has 5 rings (SSSR count). The standard InChI is InChI=1S/C35H53N5O4S2/c1-25(2)31-37-27(23-45-31)32(42)40-21-22-44-35(24-40)14-19-39(20-15-35)18-8-6-5-7-12-34(3,4)13-17-36-16-11-26-9-10-28(41)29-30(26)46-33(43)38-29/h9-10,23,25,36,41H,5-8,11-22,24H2,1-4H3,(H,38,43). The third-order valence-corrected chi connectivity index (χ3v) is 11.9. The molecule has 9 nitrogen and oxygen atoms in total. The predicted molar refractivity (Wildman–Crippen MR) is 189 cm³/mol. The lowest BCUT2D eigenvalue weighted by Gasteiger charge is -2.47. The van der Waals surface area contributed by atoms with Crippen molar-refractivity contribution in [3.63, 3.8) is 0 Å². The van der Waals surface area contributed by atoms with Crippen LogP contribution in [0.4, 0.5) is 0 Å². The van der Waals surface area contributed by atoms with Gasteiger partial charge in [-0.1, -0.05) is 64.4 Å². The van der Waals surface area contributed by atoms with Crippen LogP contribution < -0.4 is 10.2 Å². The highest BCUT2D eigenvalue weighted by atomic mass is 32.1. The van der Waals surface area contributed by atoms with Gasteiger partial charge in [-0.15, -0.1) is 11.3 Å². The summed E-state index contributed by atoms with van der Waals surface area (Å²) in [5, 5.41) is 16.5. The van der Waals surface area contributed by atoms with Gasteiger partial charge in [0.05, 0.1) is 28.5 Å². The largest absolute Gasteiger partial charge is 0.506 e. The number of nitrogens with one attached hydrogen (secondary N) is 2. The Bertz CT molecular complexity index is 1490. The second kappa shape index (κ2) is 15.7. The van der Waals surface area contributed by atoms with E-state index in [4.69, 9.17) is 4.74 Å². The van der Waals surface area contributed by atoms with Gasteiger partial charge in [-0.3, -0.25) is 9.59 Å². The fraction of sp³-hybridized carbons (Fsp3) is 0.686. The van der Waals surface area contributed by atoms with Crippen molar-refractivity contribution in [2.75, 3.05) is 52.4 Å². The van der Waals surface area contributed by atoms with Crippen molar-refractivity contribution in [1.82, 2.24) is 25.1 Å². The lowest BCUT2D eigenvalue weighted by atomic mass is 9.83. The third kappa shape index (κ3) is 9.18. The predicted octanol–water partition coefficient (Wildman–Crippen LogP) is 6.38. The number of phenolic OH excluding ortho intramolecular Hbond substituents is 1. The zero-order valence-corrected chi connectivity index (χ0v) is 29.8. The third-order valence-electron chi connectivity index (χ3n) is 9.80. The molecular formula is C35H53N5O4S2. The first-order valence-corrected chi connectivity index (χ1v) is 18.9. The van der Waals surface area contributed by atoms with Gasteiger partial charge in [-0.05, 0) is 75.2 Å². The maximum atomic E-state index is 13.2. The molecule has 2 aliphatic heterocycles. The number of thiazole rings is 2. The molecule has 3 aromatic rings. The van der Waals surface area contributed by atoms with E-state index in [1.807, 2.05) is 16.3 Å². The molecule has 1 amide bonds. The first kappa shape index (κ1) is 35.0. The van der Waals surface area contributed by atoms with E-state index in [0.717, 1.165) is 73.7 Å². The smallest absolute Gasteiger partial charge is 0.305 e. The van der Waals surface area contributed by atoms with Crippen molar-refractivity contribution < 1.29 is 14.6 Å². The first-order chi connectivity index (χ1) is 22.0. The Hall–Kier alpha value is -2.31. The summed E-state index contributed by atoms with van der Waals surface area (Å²) < 4.78 is 7.19. The summed E-state index contributed by atoms with van der Waals surface area (Å²) in [5.74, 6) is 0.533. The number of aromatic hydroxyl groups is 1. The summed E-state index contributed by atoms with van der Waals surface area (Å²) in [7, 11) is 0. The number of ether oxygens (including phenoxy) is 1. The fourth-order valence-electron chi connectivity index (χ4n) is 6.78. The Morgan fingerprint density at radius 1 is 1.13 bits per heavy atom. The quantitative estimate of drug-likeness (QED) is 0.161. The van der Waals surface area contributed by atoms with Crippen LogP contribution in [-0.4, -0.2) is 88.8 Å². The molecule has 1 aromatic carbocycles. The van der Waals surface area contributed by atoms with Gasteiger partial charge in [0.1, 0.15) is 17.0 Å². The number of phenols is 1. The zero-order valence-electron chi connectivity index (χ0n) is 28.2. The van der Waals surface area contributed by atoms with Crippen molar-refractivity contribution in [2.45, 2.75) is 97.0 Å². The number of hydrogen-bond donors (Lipinski definition) is 3. The number of hydrogen-bond acceptors (Lipinski definition) is 9. The van der Waals surface area contributed by atoms with Gasteiger partial charge < -0.3 is 29.9 Å².